The van der Waals surface area contributed by atoms with Crippen LogP contribution in [-0.4, -0.2) is 51.9 Å². The van der Waals surface area contributed by atoms with Crippen molar-refractivity contribution in [1.82, 2.24) is 9.88 Å². The van der Waals surface area contributed by atoms with Crippen molar-refractivity contribution in [2.45, 2.75) is 31.4 Å². The molecule has 4 nitrogen and oxygen atoms in total. The number of halogens is 1. The molecule has 1 aliphatic heterocycles. The second-order valence-electron chi connectivity index (χ2n) is 4.73. The molecule has 0 aromatic carbocycles. The molecule has 2 atom stereocenters. The Morgan fingerprint density at radius 1 is 1.44 bits per heavy atom. The summed E-state index contributed by atoms with van der Waals surface area (Å²) in [6.45, 7) is 1.66. The molecule has 0 spiro atoms. The van der Waals surface area contributed by atoms with Gasteiger partial charge in [0.1, 0.15) is 0 Å². The summed E-state index contributed by atoms with van der Waals surface area (Å²) in [6.07, 6.45) is 3.61. The van der Waals surface area contributed by atoms with Gasteiger partial charge in [0.25, 0.3) is 0 Å². The average Bonchev–Trinajstić information content (AvgIpc) is 2.72. The lowest BCUT2D eigenvalue weighted by atomic mass is 10.1. The van der Waals surface area contributed by atoms with Crippen LogP contribution in [0, 0.1) is 5.95 Å². The van der Waals surface area contributed by atoms with Crippen molar-refractivity contribution in [3.05, 3.63) is 29.8 Å². The number of aliphatic hydroxyl groups excluding tert-OH is 2. The van der Waals surface area contributed by atoms with Crippen molar-refractivity contribution >= 4 is 0 Å². The van der Waals surface area contributed by atoms with E-state index in [1.165, 1.54) is 6.07 Å². The number of pyridine rings is 1. The Morgan fingerprint density at radius 3 is 2.94 bits per heavy atom. The molecule has 2 heterocycles. The smallest absolute Gasteiger partial charge is 0.212 e. The van der Waals surface area contributed by atoms with Crippen LogP contribution in [0.1, 0.15) is 18.4 Å². The van der Waals surface area contributed by atoms with Crippen LogP contribution in [0.2, 0.25) is 0 Å². The standard InChI is InChI=1S/C13H19FN2O2/c14-13-4-3-10(8-15-13)2-1-6-16-7-5-12(18)11(16)9-17/h3-4,8,11-12,17-18H,1-2,5-7,9H2/t11-,12+/m0/s1. The van der Waals surface area contributed by atoms with Gasteiger partial charge < -0.3 is 10.2 Å². The molecular formula is C13H19FN2O2. The SMILES string of the molecule is OC[C@H]1[C@H](O)CCN1CCCc1ccc(F)nc1. The Kier molecular flexibility index (Phi) is 4.63. The first-order chi connectivity index (χ1) is 8.70. The fourth-order valence-electron chi connectivity index (χ4n) is 2.46. The molecule has 0 radical (unpaired) electrons. The third-order valence-corrected chi connectivity index (χ3v) is 3.51. The van der Waals surface area contributed by atoms with Gasteiger partial charge in [-0.15, -0.1) is 0 Å². The first-order valence-corrected chi connectivity index (χ1v) is 6.34. The fraction of sp³-hybridized carbons (Fsp3) is 0.615. The maximum atomic E-state index is 12.6. The molecule has 0 unspecified atom stereocenters. The third-order valence-electron chi connectivity index (χ3n) is 3.51. The summed E-state index contributed by atoms with van der Waals surface area (Å²) in [5, 5.41) is 18.9. The summed E-state index contributed by atoms with van der Waals surface area (Å²) in [6, 6.07) is 2.98. The molecule has 2 rings (SSSR count). The van der Waals surface area contributed by atoms with Crippen LogP contribution in [0.3, 0.4) is 0 Å². The number of nitrogens with zero attached hydrogens (tertiary/aromatic N) is 2. The minimum absolute atomic E-state index is 0.000724. The zero-order valence-electron chi connectivity index (χ0n) is 10.3. The van der Waals surface area contributed by atoms with Crippen LogP contribution in [0.4, 0.5) is 4.39 Å². The lowest BCUT2D eigenvalue weighted by Gasteiger charge is -2.24. The summed E-state index contributed by atoms with van der Waals surface area (Å²) < 4.78 is 12.6. The van der Waals surface area contributed by atoms with Gasteiger partial charge >= 0.3 is 0 Å². The third kappa shape index (κ3) is 3.25. The Balaban J connectivity index is 1.77. The molecule has 1 saturated heterocycles. The molecule has 5 heteroatoms. The first kappa shape index (κ1) is 13.4. The average molecular weight is 254 g/mol. The molecule has 0 bridgehead atoms. The van der Waals surface area contributed by atoms with Crippen molar-refractivity contribution < 1.29 is 14.6 Å². The van der Waals surface area contributed by atoms with E-state index in [0.717, 1.165) is 37.9 Å². The molecular weight excluding hydrogens is 235 g/mol. The summed E-state index contributed by atoms with van der Waals surface area (Å²) in [5.41, 5.74) is 1.01. The van der Waals surface area contributed by atoms with Gasteiger partial charge in [-0.3, -0.25) is 4.90 Å². The monoisotopic (exact) mass is 254 g/mol. The molecule has 1 aliphatic rings. The summed E-state index contributed by atoms with van der Waals surface area (Å²) in [7, 11) is 0. The number of aromatic nitrogens is 1. The van der Waals surface area contributed by atoms with Crippen molar-refractivity contribution in [1.29, 1.82) is 0 Å². The molecule has 1 aromatic rings. The van der Waals surface area contributed by atoms with Gasteiger partial charge in [0.2, 0.25) is 5.95 Å². The van der Waals surface area contributed by atoms with E-state index in [1.54, 1.807) is 12.3 Å². The normalized spacial score (nSPS) is 24.6. The summed E-state index contributed by atoms with van der Waals surface area (Å²) in [4.78, 5) is 5.73. The van der Waals surface area contributed by atoms with E-state index in [-0.39, 0.29) is 12.6 Å². The quantitative estimate of drug-likeness (QED) is 0.755. The summed E-state index contributed by atoms with van der Waals surface area (Å²) >= 11 is 0. The first-order valence-electron chi connectivity index (χ1n) is 6.34. The van der Waals surface area contributed by atoms with Gasteiger partial charge in [-0.1, -0.05) is 6.07 Å². The Bertz CT molecular complexity index is 372. The highest BCUT2D eigenvalue weighted by molar-refractivity contribution is 5.09. The number of hydrogen-bond acceptors (Lipinski definition) is 4. The molecule has 2 N–H and O–H groups in total. The van der Waals surface area contributed by atoms with E-state index in [0.29, 0.717) is 0 Å². The number of likely N-dealkylation sites (tertiary alicyclic amines) is 1. The van der Waals surface area contributed by atoms with Crippen molar-refractivity contribution in [3.63, 3.8) is 0 Å². The van der Waals surface area contributed by atoms with Crippen molar-refractivity contribution in [2.75, 3.05) is 19.7 Å². The number of aryl methyl sites for hydroxylation is 1. The maximum absolute atomic E-state index is 12.6. The van der Waals surface area contributed by atoms with Crippen LogP contribution in [0.25, 0.3) is 0 Å². The predicted octanol–water partition coefficient (Wildman–Crippen LogP) is 0.581. The Morgan fingerprint density at radius 2 is 2.28 bits per heavy atom. The molecule has 1 fully saturated rings. The minimum atomic E-state index is -0.457. The van der Waals surface area contributed by atoms with Gasteiger partial charge in [-0.05, 0) is 37.4 Å². The second-order valence-corrected chi connectivity index (χ2v) is 4.73. The molecule has 18 heavy (non-hydrogen) atoms. The van der Waals surface area contributed by atoms with Crippen LogP contribution in [-0.2, 0) is 6.42 Å². The van der Waals surface area contributed by atoms with Gasteiger partial charge in [-0.25, -0.2) is 4.98 Å². The van der Waals surface area contributed by atoms with Crippen LogP contribution >= 0.6 is 0 Å². The Hall–Kier alpha value is -1.04. The van der Waals surface area contributed by atoms with Crippen molar-refractivity contribution in [3.8, 4) is 0 Å². The van der Waals surface area contributed by atoms with Gasteiger partial charge in [0.05, 0.1) is 18.8 Å². The molecule has 0 saturated carbocycles. The van der Waals surface area contributed by atoms with E-state index < -0.39 is 12.1 Å². The van der Waals surface area contributed by atoms with Crippen LogP contribution in [0.15, 0.2) is 18.3 Å². The maximum Gasteiger partial charge on any atom is 0.212 e. The molecule has 1 aromatic heterocycles. The lowest BCUT2D eigenvalue weighted by molar-refractivity contribution is 0.0710. The number of rotatable bonds is 5. The van der Waals surface area contributed by atoms with Crippen LogP contribution in [0.5, 0.6) is 0 Å². The number of hydrogen-bond donors (Lipinski definition) is 2. The minimum Gasteiger partial charge on any atom is -0.395 e. The van der Waals surface area contributed by atoms with E-state index in [2.05, 4.69) is 9.88 Å². The van der Waals surface area contributed by atoms with Gasteiger partial charge in [-0.2, -0.15) is 4.39 Å². The molecule has 100 valence electrons. The zero-order valence-corrected chi connectivity index (χ0v) is 10.3. The summed E-state index contributed by atoms with van der Waals surface area (Å²) in [5.74, 6) is -0.457. The van der Waals surface area contributed by atoms with Gasteiger partial charge in [0.15, 0.2) is 0 Å². The fourth-order valence-corrected chi connectivity index (χ4v) is 2.46. The van der Waals surface area contributed by atoms with Crippen LogP contribution < -0.4 is 0 Å². The largest absolute Gasteiger partial charge is 0.395 e. The lowest BCUT2D eigenvalue weighted by Crippen LogP contribution is -2.38. The molecule has 0 amide bonds. The van der Waals surface area contributed by atoms with E-state index in [4.69, 9.17) is 0 Å². The van der Waals surface area contributed by atoms with E-state index >= 15 is 0 Å². The highest BCUT2D eigenvalue weighted by Crippen LogP contribution is 2.18. The predicted molar refractivity (Wildman–Crippen MR) is 65.6 cm³/mol. The second kappa shape index (κ2) is 6.22. The highest BCUT2D eigenvalue weighted by Gasteiger charge is 2.31. The van der Waals surface area contributed by atoms with E-state index in [9.17, 15) is 14.6 Å². The van der Waals surface area contributed by atoms with Gasteiger partial charge in [0, 0.05) is 12.7 Å². The number of aliphatic hydroxyl groups is 2. The highest BCUT2D eigenvalue weighted by atomic mass is 19.1. The molecule has 0 aliphatic carbocycles. The topological polar surface area (TPSA) is 56.6 Å². The van der Waals surface area contributed by atoms with E-state index in [1.807, 2.05) is 0 Å². The Labute approximate surface area is 106 Å². The zero-order chi connectivity index (χ0) is 13.0. The van der Waals surface area contributed by atoms with Crippen molar-refractivity contribution in [2.24, 2.45) is 0 Å².